The molecule has 26 heavy (non-hydrogen) atoms. The molecule has 0 aromatic heterocycles. The number of carbonyl (C=O) groups excluding carboxylic acids is 1. The first-order valence-electron chi connectivity index (χ1n) is 8.92. The van der Waals surface area contributed by atoms with Crippen molar-refractivity contribution < 1.29 is 13.2 Å². The van der Waals surface area contributed by atoms with Gasteiger partial charge in [0.2, 0.25) is 15.9 Å². The van der Waals surface area contributed by atoms with E-state index in [9.17, 15) is 13.2 Å². The van der Waals surface area contributed by atoms with Crippen molar-refractivity contribution in [2.45, 2.75) is 43.5 Å². The molecule has 2 aromatic carbocycles. The standard InChI is InChI=1S/C20H24N2O3S/c1-16(9-10-17-6-3-2-4-7-17)21-26(24,25)19-13-11-18(12-14-19)22-15-5-8-20(22)23/h2-4,6-7,11-14,16,21H,5,8-10,15H2,1H3. The lowest BCUT2D eigenvalue weighted by atomic mass is 10.1. The van der Waals surface area contributed by atoms with Crippen LogP contribution in [0.5, 0.6) is 0 Å². The quantitative estimate of drug-likeness (QED) is 0.812. The van der Waals surface area contributed by atoms with E-state index in [-0.39, 0.29) is 16.8 Å². The van der Waals surface area contributed by atoms with Crippen LogP contribution < -0.4 is 9.62 Å². The number of nitrogens with zero attached hydrogens (tertiary/aromatic N) is 1. The highest BCUT2D eigenvalue weighted by molar-refractivity contribution is 7.89. The molecule has 1 heterocycles. The van der Waals surface area contributed by atoms with Gasteiger partial charge in [0.25, 0.3) is 0 Å². The van der Waals surface area contributed by atoms with E-state index in [0.717, 1.165) is 24.9 Å². The van der Waals surface area contributed by atoms with E-state index in [0.29, 0.717) is 13.0 Å². The summed E-state index contributed by atoms with van der Waals surface area (Å²) < 4.78 is 27.9. The number of benzene rings is 2. The number of anilines is 1. The van der Waals surface area contributed by atoms with Crippen molar-refractivity contribution in [3.05, 3.63) is 60.2 Å². The topological polar surface area (TPSA) is 66.5 Å². The van der Waals surface area contributed by atoms with Crippen molar-refractivity contribution in [1.29, 1.82) is 0 Å². The highest BCUT2D eigenvalue weighted by Crippen LogP contribution is 2.23. The minimum atomic E-state index is -3.57. The van der Waals surface area contributed by atoms with E-state index < -0.39 is 10.0 Å². The summed E-state index contributed by atoms with van der Waals surface area (Å²) in [7, 11) is -3.57. The third-order valence-electron chi connectivity index (χ3n) is 4.60. The zero-order valence-electron chi connectivity index (χ0n) is 14.9. The summed E-state index contributed by atoms with van der Waals surface area (Å²) >= 11 is 0. The fourth-order valence-corrected chi connectivity index (χ4v) is 4.42. The third kappa shape index (κ3) is 4.51. The molecule has 0 bridgehead atoms. The first kappa shape index (κ1) is 18.6. The van der Waals surface area contributed by atoms with Crippen LogP contribution in [0.25, 0.3) is 0 Å². The molecule has 1 amide bonds. The Morgan fingerprint density at radius 1 is 1.08 bits per heavy atom. The predicted octanol–water partition coefficient (Wildman–Crippen LogP) is 3.11. The van der Waals surface area contributed by atoms with Crippen molar-refractivity contribution in [3.8, 4) is 0 Å². The van der Waals surface area contributed by atoms with Gasteiger partial charge in [0, 0.05) is 24.7 Å². The van der Waals surface area contributed by atoms with E-state index in [4.69, 9.17) is 0 Å². The predicted molar refractivity (Wildman–Crippen MR) is 103 cm³/mol. The normalized spacial score (nSPS) is 16.0. The van der Waals surface area contributed by atoms with Gasteiger partial charge in [-0.2, -0.15) is 0 Å². The second-order valence-corrected chi connectivity index (χ2v) is 8.40. The highest BCUT2D eigenvalue weighted by Gasteiger charge is 2.23. The Morgan fingerprint density at radius 2 is 1.77 bits per heavy atom. The number of nitrogens with one attached hydrogen (secondary N) is 1. The van der Waals surface area contributed by atoms with Gasteiger partial charge in [0.1, 0.15) is 0 Å². The second-order valence-electron chi connectivity index (χ2n) is 6.69. The van der Waals surface area contributed by atoms with Crippen LogP contribution in [0.1, 0.15) is 31.7 Å². The van der Waals surface area contributed by atoms with Crippen LogP contribution in [0.2, 0.25) is 0 Å². The molecule has 2 aromatic rings. The Kier molecular flexibility index (Phi) is 5.74. The van der Waals surface area contributed by atoms with E-state index in [1.807, 2.05) is 37.3 Å². The summed E-state index contributed by atoms with van der Waals surface area (Å²) in [5, 5.41) is 0. The van der Waals surface area contributed by atoms with Gasteiger partial charge in [-0.3, -0.25) is 4.79 Å². The van der Waals surface area contributed by atoms with Crippen LogP contribution in [0, 0.1) is 0 Å². The van der Waals surface area contributed by atoms with Crippen LogP contribution >= 0.6 is 0 Å². The van der Waals surface area contributed by atoms with Gasteiger partial charge >= 0.3 is 0 Å². The lowest BCUT2D eigenvalue weighted by molar-refractivity contribution is -0.117. The molecular formula is C20H24N2O3S. The summed E-state index contributed by atoms with van der Waals surface area (Å²) in [5.74, 6) is 0.0910. The number of sulfonamides is 1. The fraction of sp³-hybridized carbons (Fsp3) is 0.350. The molecule has 6 heteroatoms. The zero-order chi connectivity index (χ0) is 18.6. The van der Waals surface area contributed by atoms with Crippen molar-refractivity contribution in [2.75, 3.05) is 11.4 Å². The van der Waals surface area contributed by atoms with Crippen molar-refractivity contribution in [2.24, 2.45) is 0 Å². The molecule has 1 fully saturated rings. The third-order valence-corrected chi connectivity index (χ3v) is 6.20. The van der Waals surface area contributed by atoms with Crippen molar-refractivity contribution in [1.82, 2.24) is 4.72 Å². The second kappa shape index (κ2) is 8.01. The molecule has 0 radical (unpaired) electrons. The number of carbonyl (C=O) groups is 1. The average molecular weight is 372 g/mol. The summed E-state index contributed by atoms with van der Waals surface area (Å²) in [6, 6.07) is 16.4. The van der Waals surface area contributed by atoms with Gasteiger partial charge in [-0.05, 0) is 56.0 Å². The number of amides is 1. The molecule has 1 N–H and O–H groups in total. The molecule has 1 unspecified atom stereocenters. The first-order chi connectivity index (χ1) is 12.5. The average Bonchev–Trinajstić information content (AvgIpc) is 3.07. The minimum absolute atomic E-state index is 0.0910. The van der Waals surface area contributed by atoms with E-state index in [1.165, 1.54) is 5.56 Å². The summed E-state index contributed by atoms with van der Waals surface area (Å²) in [6.45, 7) is 2.57. The smallest absolute Gasteiger partial charge is 0.240 e. The monoisotopic (exact) mass is 372 g/mol. The van der Waals surface area contributed by atoms with Crippen molar-refractivity contribution >= 4 is 21.6 Å². The van der Waals surface area contributed by atoms with Crippen LogP contribution in [0.3, 0.4) is 0 Å². The maximum Gasteiger partial charge on any atom is 0.240 e. The molecule has 1 atom stereocenters. The molecule has 1 aliphatic rings. The Bertz CT molecular complexity index is 848. The van der Waals surface area contributed by atoms with E-state index in [1.54, 1.807) is 29.2 Å². The van der Waals surface area contributed by atoms with Gasteiger partial charge in [0.05, 0.1) is 4.90 Å². The minimum Gasteiger partial charge on any atom is -0.312 e. The van der Waals surface area contributed by atoms with E-state index in [2.05, 4.69) is 4.72 Å². The van der Waals surface area contributed by atoms with Crippen LogP contribution in [-0.4, -0.2) is 26.9 Å². The van der Waals surface area contributed by atoms with Gasteiger partial charge in [-0.25, -0.2) is 13.1 Å². The molecule has 0 saturated carbocycles. The van der Waals surface area contributed by atoms with E-state index >= 15 is 0 Å². The number of hydrogen-bond acceptors (Lipinski definition) is 3. The molecule has 3 rings (SSSR count). The summed E-state index contributed by atoms with van der Waals surface area (Å²) in [6.07, 6.45) is 2.95. The number of aryl methyl sites for hydroxylation is 1. The summed E-state index contributed by atoms with van der Waals surface area (Å²) in [5.41, 5.74) is 1.95. The molecule has 0 aliphatic carbocycles. The maximum atomic E-state index is 12.6. The van der Waals surface area contributed by atoms with Crippen molar-refractivity contribution in [3.63, 3.8) is 0 Å². The lowest BCUT2D eigenvalue weighted by Crippen LogP contribution is -2.33. The maximum absolute atomic E-state index is 12.6. The Morgan fingerprint density at radius 3 is 2.38 bits per heavy atom. The zero-order valence-corrected chi connectivity index (χ0v) is 15.7. The number of rotatable bonds is 7. The lowest BCUT2D eigenvalue weighted by Gasteiger charge is -2.17. The Labute approximate surface area is 155 Å². The molecule has 1 aliphatic heterocycles. The van der Waals surface area contributed by atoms with Crippen LogP contribution in [0.4, 0.5) is 5.69 Å². The molecular weight excluding hydrogens is 348 g/mol. The first-order valence-corrected chi connectivity index (χ1v) is 10.4. The fourth-order valence-electron chi connectivity index (χ4n) is 3.15. The highest BCUT2D eigenvalue weighted by atomic mass is 32.2. The largest absolute Gasteiger partial charge is 0.312 e. The Balaban J connectivity index is 1.61. The van der Waals surface area contributed by atoms with Gasteiger partial charge in [-0.1, -0.05) is 30.3 Å². The summed E-state index contributed by atoms with van der Waals surface area (Å²) in [4.78, 5) is 13.7. The number of hydrogen-bond donors (Lipinski definition) is 1. The molecule has 1 saturated heterocycles. The Hall–Kier alpha value is -2.18. The van der Waals surface area contributed by atoms with Gasteiger partial charge in [-0.15, -0.1) is 0 Å². The van der Waals surface area contributed by atoms with Crippen LogP contribution in [-0.2, 0) is 21.2 Å². The SMILES string of the molecule is CC(CCc1ccccc1)NS(=O)(=O)c1ccc(N2CCCC2=O)cc1. The molecule has 138 valence electrons. The molecule has 0 spiro atoms. The van der Waals surface area contributed by atoms with Gasteiger partial charge < -0.3 is 4.90 Å². The van der Waals surface area contributed by atoms with Gasteiger partial charge in [0.15, 0.2) is 0 Å². The van der Waals surface area contributed by atoms with Crippen LogP contribution in [0.15, 0.2) is 59.5 Å². The molecule has 5 nitrogen and oxygen atoms in total.